The van der Waals surface area contributed by atoms with E-state index in [9.17, 15) is 4.79 Å². The van der Waals surface area contributed by atoms with Gasteiger partial charge in [-0.2, -0.15) is 0 Å². The number of hydrogen-bond donors (Lipinski definition) is 2. The van der Waals surface area contributed by atoms with Gasteiger partial charge in [0.25, 0.3) is 0 Å². The van der Waals surface area contributed by atoms with Crippen molar-refractivity contribution in [3.8, 4) is 0 Å². The minimum atomic E-state index is -0.237. The Bertz CT molecular complexity index is 453. The summed E-state index contributed by atoms with van der Waals surface area (Å²) in [5.74, 6) is 1.21. The van der Waals surface area contributed by atoms with Gasteiger partial charge < -0.3 is 16.0 Å². The second-order valence-corrected chi connectivity index (χ2v) is 5.09. The van der Waals surface area contributed by atoms with E-state index in [1.54, 1.807) is 7.05 Å². The molecule has 0 aliphatic carbocycles. The first-order chi connectivity index (χ1) is 8.63. The highest BCUT2D eigenvalue weighted by molar-refractivity contribution is 9.10. The lowest BCUT2D eigenvalue weighted by atomic mass is 9.97. The van der Waals surface area contributed by atoms with Crippen LogP contribution < -0.4 is 16.0 Å². The van der Waals surface area contributed by atoms with E-state index < -0.39 is 0 Å². The Morgan fingerprint density at radius 3 is 3.06 bits per heavy atom. The van der Waals surface area contributed by atoms with Crippen LogP contribution in [0.25, 0.3) is 0 Å². The van der Waals surface area contributed by atoms with Gasteiger partial charge in [0.15, 0.2) is 0 Å². The molecule has 0 saturated carbocycles. The van der Waals surface area contributed by atoms with E-state index in [2.05, 4.69) is 36.1 Å². The van der Waals surface area contributed by atoms with Gasteiger partial charge in [-0.15, -0.1) is 0 Å². The summed E-state index contributed by atoms with van der Waals surface area (Å²) in [6.07, 6.45) is 3.31. The number of piperidine rings is 1. The van der Waals surface area contributed by atoms with E-state index >= 15 is 0 Å². The van der Waals surface area contributed by atoms with Crippen molar-refractivity contribution in [2.75, 3.05) is 30.4 Å². The summed E-state index contributed by atoms with van der Waals surface area (Å²) in [6, 6.07) is 0. The van der Waals surface area contributed by atoms with Gasteiger partial charge >= 0.3 is 0 Å². The summed E-state index contributed by atoms with van der Waals surface area (Å²) >= 11 is 3.49. The summed E-state index contributed by atoms with van der Waals surface area (Å²) in [5.41, 5.74) is 5.38. The van der Waals surface area contributed by atoms with E-state index in [1.807, 2.05) is 0 Å². The fourth-order valence-electron chi connectivity index (χ4n) is 2.16. The lowest BCUT2D eigenvalue weighted by Gasteiger charge is -2.32. The van der Waals surface area contributed by atoms with Crippen LogP contribution in [0.1, 0.15) is 12.8 Å². The molecule has 1 aromatic rings. The van der Waals surface area contributed by atoms with Crippen molar-refractivity contribution in [3.63, 3.8) is 0 Å². The largest absolute Gasteiger partial charge is 0.372 e. The number of nitrogens with one attached hydrogen (secondary N) is 1. The van der Waals surface area contributed by atoms with Crippen LogP contribution in [0, 0.1) is 5.92 Å². The third-order valence-electron chi connectivity index (χ3n) is 3.13. The van der Waals surface area contributed by atoms with E-state index in [0.717, 1.165) is 35.5 Å². The Balaban J connectivity index is 2.23. The Kier molecular flexibility index (Phi) is 4.00. The number of carbonyl (C=O) groups excluding carboxylic acids is 1. The van der Waals surface area contributed by atoms with Crippen molar-refractivity contribution in [3.05, 3.63) is 10.8 Å². The first-order valence-electron chi connectivity index (χ1n) is 5.86. The minimum absolute atomic E-state index is 0.0985. The Morgan fingerprint density at radius 2 is 2.39 bits per heavy atom. The van der Waals surface area contributed by atoms with Crippen molar-refractivity contribution in [2.45, 2.75) is 12.8 Å². The zero-order chi connectivity index (χ0) is 13.1. The number of halogens is 1. The SMILES string of the molecule is CNc1ncnc(N2CCCC(C(N)=O)C2)c1Br. The third kappa shape index (κ3) is 2.55. The number of anilines is 2. The molecule has 1 aliphatic heterocycles. The van der Waals surface area contributed by atoms with Crippen LogP contribution in [0.5, 0.6) is 0 Å². The molecule has 1 aromatic heterocycles. The molecule has 0 aromatic carbocycles. The van der Waals surface area contributed by atoms with E-state index in [1.165, 1.54) is 6.33 Å². The van der Waals surface area contributed by atoms with Crippen molar-refractivity contribution >= 4 is 33.5 Å². The number of rotatable bonds is 3. The molecule has 1 aliphatic rings. The molecule has 1 saturated heterocycles. The smallest absolute Gasteiger partial charge is 0.222 e. The van der Waals surface area contributed by atoms with Gasteiger partial charge in [-0.3, -0.25) is 4.79 Å². The summed E-state index contributed by atoms with van der Waals surface area (Å²) in [5, 5.41) is 2.99. The van der Waals surface area contributed by atoms with Crippen molar-refractivity contribution in [1.29, 1.82) is 0 Å². The van der Waals surface area contributed by atoms with Crippen LogP contribution in [-0.2, 0) is 4.79 Å². The molecule has 0 spiro atoms. The van der Waals surface area contributed by atoms with Crippen LogP contribution in [0.15, 0.2) is 10.8 Å². The summed E-state index contributed by atoms with van der Waals surface area (Å²) in [6.45, 7) is 1.50. The van der Waals surface area contributed by atoms with Gasteiger partial charge in [0, 0.05) is 20.1 Å². The molecule has 7 heteroatoms. The van der Waals surface area contributed by atoms with Gasteiger partial charge in [0.1, 0.15) is 22.4 Å². The molecular formula is C11H16BrN5O. The van der Waals surface area contributed by atoms with E-state index in [0.29, 0.717) is 6.54 Å². The predicted molar refractivity (Wildman–Crippen MR) is 73.4 cm³/mol. The van der Waals surface area contributed by atoms with E-state index in [4.69, 9.17) is 5.73 Å². The molecule has 98 valence electrons. The van der Waals surface area contributed by atoms with Gasteiger partial charge in [0.2, 0.25) is 5.91 Å². The fourth-order valence-corrected chi connectivity index (χ4v) is 2.81. The van der Waals surface area contributed by atoms with Crippen LogP contribution in [0.4, 0.5) is 11.6 Å². The number of aromatic nitrogens is 2. The molecule has 1 atom stereocenters. The summed E-state index contributed by atoms with van der Waals surface area (Å²) in [7, 11) is 1.80. The highest BCUT2D eigenvalue weighted by Gasteiger charge is 2.26. The maximum absolute atomic E-state index is 11.3. The number of nitrogens with two attached hydrogens (primary N) is 1. The summed E-state index contributed by atoms with van der Waals surface area (Å²) in [4.78, 5) is 21.8. The predicted octanol–water partition coefficient (Wildman–Crippen LogP) is 0.983. The Hall–Kier alpha value is -1.37. The van der Waals surface area contributed by atoms with Gasteiger partial charge in [-0.25, -0.2) is 9.97 Å². The molecule has 1 amide bonds. The zero-order valence-electron chi connectivity index (χ0n) is 10.2. The van der Waals surface area contributed by atoms with Crippen molar-refractivity contribution in [2.24, 2.45) is 11.7 Å². The average Bonchev–Trinajstić information content (AvgIpc) is 2.39. The quantitative estimate of drug-likeness (QED) is 0.869. The number of carbonyl (C=O) groups is 1. The molecule has 2 heterocycles. The van der Waals surface area contributed by atoms with Gasteiger partial charge in [-0.05, 0) is 28.8 Å². The van der Waals surface area contributed by atoms with Crippen molar-refractivity contribution < 1.29 is 4.79 Å². The number of amides is 1. The van der Waals surface area contributed by atoms with Gasteiger partial charge in [-0.1, -0.05) is 0 Å². The van der Waals surface area contributed by atoms with Crippen LogP contribution >= 0.6 is 15.9 Å². The topological polar surface area (TPSA) is 84.1 Å². The highest BCUT2D eigenvalue weighted by atomic mass is 79.9. The number of nitrogens with zero attached hydrogens (tertiary/aromatic N) is 3. The molecule has 1 unspecified atom stereocenters. The average molecular weight is 314 g/mol. The fraction of sp³-hybridized carbons (Fsp3) is 0.545. The maximum atomic E-state index is 11.3. The first-order valence-corrected chi connectivity index (χ1v) is 6.65. The lowest BCUT2D eigenvalue weighted by Crippen LogP contribution is -2.41. The number of primary amides is 1. The van der Waals surface area contributed by atoms with Crippen LogP contribution in [0.3, 0.4) is 0 Å². The molecule has 2 rings (SSSR count). The molecule has 0 bridgehead atoms. The molecule has 0 radical (unpaired) electrons. The Labute approximate surface area is 114 Å². The monoisotopic (exact) mass is 313 g/mol. The van der Waals surface area contributed by atoms with E-state index in [-0.39, 0.29) is 11.8 Å². The first kappa shape index (κ1) is 13.1. The molecule has 1 fully saturated rings. The molecule has 6 nitrogen and oxygen atoms in total. The van der Waals surface area contributed by atoms with Crippen molar-refractivity contribution in [1.82, 2.24) is 9.97 Å². The lowest BCUT2D eigenvalue weighted by molar-refractivity contribution is -0.122. The maximum Gasteiger partial charge on any atom is 0.222 e. The second-order valence-electron chi connectivity index (χ2n) is 4.30. The minimum Gasteiger partial charge on any atom is -0.372 e. The molecule has 3 N–H and O–H groups in total. The van der Waals surface area contributed by atoms with Crippen LogP contribution in [-0.4, -0.2) is 36.0 Å². The van der Waals surface area contributed by atoms with Crippen LogP contribution in [0.2, 0.25) is 0 Å². The molecular weight excluding hydrogens is 298 g/mol. The van der Waals surface area contributed by atoms with Gasteiger partial charge in [0.05, 0.1) is 5.92 Å². The Morgan fingerprint density at radius 1 is 1.61 bits per heavy atom. The molecule has 18 heavy (non-hydrogen) atoms. The second kappa shape index (κ2) is 5.51. The zero-order valence-corrected chi connectivity index (χ0v) is 11.8. The normalized spacial score (nSPS) is 19.7. The standard InChI is InChI=1S/C11H16BrN5O/c1-14-10-8(12)11(16-6-15-10)17-4-2-3-7(5-17)9(13)18/h6-7H,2-5H2,1H3,(H2,13,18)(H,14,15,16). The summed E-state index contributed by atoms with van der Waals surface area (Å²) < 4.78 is 0.817. The highest BCUT2D eigenvalue weighted by Crippen LogP contribution is 2.31. The third-order valence-corrected chi connectivity index (χ3v) is 3.86. The number of hydrogen-bond acceptors (Lipinski definition) is 5.